The zero-order valence-corrected chi connectivity index (χ0v) is 17.9. The third kappa shape index (κ3) is 4.13. The number of hydrogen-bond acceptors (Lipinski definition) is 3. The van der Waals surface area contributed by atoms with Crippen molar-refractivity contribution in [2.75, 3.05) is 0 Å². The van der Waals surface area contributed by atoms with Gasteiger partial charge in [0.1, 0.15) is 17.6 Å². The van der Waals surface area contributed by atoms with E-state index in [1.165, 1.54) is 12.1 Å². The highest BCUT2D eigenvalue weighted by Gasteiger charge is 2.45. The van der Waals surface area contributed by atoms with Crippen molar-refractivity contribution in [1.29, 1.82) is 0 Å². The van der Waals surface area contributed by atoms with Gasteiger partial charge < -0.3 is 4.90 Å². The van der Waals surface area contributed by atoms with Crippen molar-refractivity contribution in [1.82, 2.24) is 4.90 Å². The van der Waals surface area contributed by atoms with Gasteiger partial charge in [0.2, 0.25) is 0 Å². The van der Waals surface area contributed by atoms with E-state index in [4.69, 9.17) is 16.6 Å². The molecule has 0 amide bonds. The summed E-state index contributed by atoms with van der Waals surface area (Å²) in [5.41, 5.74) is 0.976. The summed E-state index contributed by atoms with van der Waals surface area (Å²) in [7, 11) is -3.86. The third-order valence-corrected chi connectivity index (χ3v) is 5.92. The molecule has 0 aromatic heterocycles. The first-order valence-corrected chi connectivity index (χ1v) is 11.0. The minimum atomic E-state index is -3.86. The van der Waals surface area contributed by atoms with Gasteiger partial charge in [-0.15, -0.1) is 4.40 Å². The molecular weight excluding hydrogens is 394 g/mol. The zero-order valence-electron chi connectivity index (χ0n) is 16.4. The molecule has 0 N–H and O–H groups in total. The van der Waals surface area contributed by atoms with Crippen molar-refractivity contribution >= 4 is 33.3 Å². The number of nitrogens with zero attached hydrogens (tertiary/aromatic N) is 3. The highest BCUT2D eigenvalue weighted by molar-refractivity contribution is 7.90. The lowest BCUT2D eigenvalue weighted by atomic mass is 9.86. The van der Waals surface area contributed by atoms with Crippen molar-refractivity contribution < 1.29 is 8.42 Å². The van der Waals surface area contributed by atoms with Crippen LogP contribution in [0.25, 0.3) is 0 Å². The topological polar surface area (TPSA) is 62.1 Å². The maximum Gasteiger partial charge on any atom is 0.283 e. The summed E-state index contributed by atoms with van der Waals surface area (Å²) < 4.78 is 30.1. The largest absolute Gasteiger partial charge is 0.313 e. The monoisotopic (exact) mass is 417 g/mol. The first kappa shape index (κ1) is 20.6. The fourth-order valence-electron chi connectivity index (χ4n) is 3.20. The molecule has 1 aliphatic rings. The lowest BCUT2D eigenvalue weighted by Gasteiger charge is -2.46. The number of benzene rings is 2. The SMILES string of the molecule is CC(C)N=C1C(c2ccccc2)/C(=N/S(=O)(=O)c2ccc(Cl)cc2)N1C(C)C. The fourth-order valence-corrected chi connectivity index (χ4v) is 4.35. The molecule has 148 valence electrons. The van der Waals surface area contributed by atoms with Crippen molar-refractivity contribution in [2.45, 2.75) is 50.6 Å². The van der Waals surface area contributed by atoms with Crippen LogP contribution in [-0.2, 0) is 10.0 Å². The molecule has 1 saturated heterocycles. The second kappa shape index (κ2) is 8.05. The minimum absolute atomic E-state index is 0.0385. The Morgan fingerprint density at radius 1 is 0.929 bits per heavy atom. The van der Waals surface area contributed by atoms with E-state index in [9.17, 15) is 8.42 Å². The van der Waals surface area contributed by atoms with Gasteiger partial charge in [-0.25, -0.2) is 0 Å². The van der Waals surface area contributed by atoms with Crippen molar-refractivity contribution in [3.63, 3.8) is 0 Å². The molecule has 1 unspecified atom stereocenters. The van der Waals surface area contributed by atoms with Crippen LogP contribution in [0.1, 0.15) is 39.2 Å². The smallest absolute Gasteiger partial charge is 0.283 e. The van der Waals surface area contributed by atoms with E-state index in [0.29, 0.717) is 10.9 Å². The van der Waals surface area contributed by atoms with Gasteiger partial charge in [-0.2, -0.15) is 8.42 Å². The van der Waals surface area contributed by atoms with Gasteiger partial charge in [0, 0.05) is 17.1 Å². The second-order valence-corrected chi connectivity index (χ2v) is 9.31. The van der Waals surface area contributed by atoms with Gasteiger partial charge in [0.15, 0.2) is 0 Å². The predicted octanol–water partition coefficient (Wildman–Crippen LogP) is 4.74. The zero-order chi connectivity index (χ0) is 20.5. The molecule has 0 spiro atoms. The van der Waals surface area contributed by atoms with Gasteiger partial charge in [-0.3, -0.25) is 4.99 Å². The second-order valence-electron chi connectivity index (χ2n) is 7.27. The lowest BCUT2D eigenvalue weighted by Crippen LogP contribution is -2.59. The molecule has 1 atom stereocenters. The normalized spacial score (nSPS) is 20.2. The Hall–Kier alpha value is -2.18. The molecule has 1 aliphatic heterocycles. The van der Waals surface area contributed by atoms with E-state index >= 15 is 0 Å². The van der Waals surface area contributed by atoms with Gasteiger partial charge in [-0.1, -0.05) is 41.9 Å². The molecule has 5 nitrogen and oxygen atoms in total. The average Bonchev–Trinajstić information content (AvgIpc) is 2.61. The first-order chi connectivity index (χ1) is 13.2. The molecular formula is C21H24ClN3O2S. The summed E-state index contributed by atoms with van der Waals surface area (Å²) in [6.07, 6.45) is 0. The molecule has 0 radical (unpaired) electrons. The maximum atomic E-state index is 12.9. The first-order valence-electron chi connectivity index (χ1n) is 9.23. The number of amidine groups is 2. The number of rotatable bonds is 5. The summed E-state index contributed by atoms with van der Waals surface area (Å²) in [6.45, 7) is 8.02. The minimum Gasteiger partial charge on any atom is -0.313 e. The van der Waals surface area contributed by atoms with Crippen LogP contribution in [0.3, 0.4) is 0 Å². The third-order valence-electron chi connectivity index (χ3n) is 4.38. The Morgan fingerprint density at radius 2 is 1.54 bits per heavy atom. The van der Waals surface area contributed by atoms with E-state index in [-0.39, 0.29) is 22.9 Å². The quantitative estimate of drug-likeness (QED) is 0.705. The van der Waals surface area contributed by atoms with Crippen molar-refractivity contribution in [3.05, 3.63) is 65.2 Å². The van der Waals surface area contributed by atoms with E-state index in [0.717, 1.165) is 11.4 Å². The van der Waals surface area contributed by atoms with Crippen molar-refractivity contribution in [2.24, 2.45) is 9.39 Å². The molecule has 1 fully saturated rings. The Kier molecular flexibility index (Phi) is 5.91. The summed E-state index contributed by atoms with van der Waals surface area (Å²) in [6, 6.07) is 15.9. The molecule has 1 heterocycles. The summed E-state index contributed by atoms with van der Waals surface area (Å²) in [5.74, 6) is 1.07. The molecule has 28 heavy (non-hydrogen) atoms. The van der Waals surface area contributed by atoms with Crippen LogP contribution in [0.2, 0.25) is 5.02 Å². The van der Waals surface area contributed by atoms with Crippen LogP contribution >= 0.6 is 11.6 Å². The number of halogens is 1. The van der Waals surface area contributed by atoms with Crippen molar-refractivity contribution in [3.8, 4) is 0 Å². The number of aliphatic imine (C=N–C) groups is 1. The molecule has 0 aliphatic carbocycles. The van der Waals surface area contributed by atoms with Gasteiger partial charge >= 0.3 is 0 Å². The summed E-state index contributed by atoms with van der Waals surface area (Å²) >= 11 is 5.89. The standard InChI is InChI=1S/C21H24ClN3O2S/c1-14(2)23-20-19(16-8-6-5-7-9-16)21(25(20)15(3)4)24-28(26,27)18-12-10-17(22)11-13-18/h5-15,19H,1-4H3/b23-20?,24-21-. The number of sulfonamides is 1. The molecule has 2 aromatic rings. The van der Waals surface area contributed by atoms with Crippen LogP contribution < -0.4 is 0 Å². The Bertz CT molecular complexity index is 998. The highest BCUT2D eigenvalue weighted by atomic mass is 35.5. The van der Waals surface area contributed by atoms with Crippen LogP contribution in [0.4, 0.5) is 0 Å². The predicted molar refractivity (Wildman–Crippen MR) is 115 cm³/mol. The summed E-state index contributed by atoms with van der Waals surface area (Å²) in [5, 5.41) is 0.479. The Morgan fingerprint density at radius 3 is 2.07 bits per heavy atom. The number of likely N-dealkylation sites (tertiary alicyclic amines) is 1. The number of hydrogen-bond donors (Lipinski definition) is 0. The Balaban J connectivity index is 2.12. The molecule has 3 rings (SSSR count). The summed E-state index contributed by atoms with van der Waals surface area (Å²) in [4.78, 5) is 6.78. The average molecular weight is 418 g/mol. The fraction of sp³-hybridized carbons (Fsp3) is 0.333. The van der Waals surface area contributed by atoms with Crippen LogP contribution in [0, 0.1) is 0 Å². The molecule has 7 heteroatoms. The Labute approximate surface area is 171 Å². The van der Waals surface area contributed by atoms with Gasteiger partial charge in [-0.05, 0) is 57.5 Å². The molecule has 0 saturated carbocycles. The van der Waals surface area contributed by atoms with Crippen LogP contribution in [0.15, 0.2) is 68.9 Å². The van der Waals surface area contributed by atoms with Gasteiger partial charge in [0.25, 0.3) is 10.0 Å². The maximum absolute atomic E-state index is 12.9. The highest BCUT2D eigenvalue weighted by Crippen LogP contribution is 2.36. The lowest BCUT2D eigenvalue weighted by molar-refractivity contribution is 0.438. The molecule has 2 aromatic carbocycles. The van der Waals surface area contributed by atoms with E-state index in [2.05, 4.69) is 4.40 Å². The van der Waals surface area contributed by atoms with Crippen LogP contribution in [-0.4, -0.2) is 37.1 Å². The van der Waals surface area contributed by atoms with Crippen LogP contribution in [0.5, 0.6) is 0 Å². The van der Waals surface area contributed by atoms with E-state index in [1.54, 1.807) is 12.1 Å². The van der Waals surface area contributed by atoms with E-state index < -0.39 is 10.0 Å². The van der Waals surface area contributed by atoms with Gasteiger partial charge in [0.05, 0.1) is 4.90 Å². The molecule has 0 bridgehead atoms. The van der Waals surface area contributed by atoms with E-state index in [1.807, 2.05) is 62.9 Å².